The number of ether oxygens (including phenoxy) is 2. The van der Waals surface area contributed by atoms with Crippen molar-refractivity contribution in [3.63, 3.8) is 0 Å². The Labute approximate surface area is 235 Å². The van der Waals surface area contributed by atoms with Crippen LogP contribution in [0.2, 0.25) is 5.02 Å². The van der Waals surface area contributed by atoms with Gasteiger partial charge in [0.25, 0.3) is 5.91 Å². The van der Waals surface area contributed by atoms with Gasteiger partial charge in [-0.05, 0) is 44.5 Å². The van der Waals surface area contributed by atoms with Crippen LogP contribution < -0.4 is 10.1 Å². The van der Waals surface area contributed by atoms with Gasteiger partial charge in [-0.15, -0.1) is 0 Å². The molecular weight excluding hydrogens is 518 g/mol. The van der Waals surface area contributed by atoms with Gasteiger partial charge in [0.2, 0.25) is 0 Å². The minimum atomic E-state index is -0.438. The zero-order valence-electron chi connectivity index (χ0n) is 23.2. The van der Waals surface area contributed by atoms with Crippen molar-refractivity contribution in [3.8, 4) is 5.75 Å². The molecule has 39 heavy (non-hydrogen) atoms. The van der Waals surface area contributed by atoms with Gasteiger partial charge in [0.15, 0.2) is 0 Å². The maximum Gasteiger partial charge on any atom is 0.318 e. The first kappa shape index (κ1) is 28.9. The minimum Gasteiger partial charge on any atom is -0.497 e. The number of hydrazone groups is 1. The van der Waals surface area contributed by atoms with Crippen LogP contribution in [0.1, 0.15) is 44.4 Å². The molecule has 2 aromatic rings. The largest absolute Gasteiger partial charge is 0.497 e. The quantitative estimate of drug-likeness (QED) is 0.528. The minimum absolute atomic E-state index is 0.0990. The van der Waals surface area contributed by atoms with E-state index in [2.05, 4.69) is 10.2 Å². The molecule has 0 spiro atoms. The Morgan fingerprint density at radius 3 is 2.46 bits per heavy atom. The normalized spacial score (nSPS) is 18.0. The Balaban J connectivity index is 1.58. The van der Waals surface area contributed by atoms with Gasteiger partial charge in [-0.3, -0.25) is 9.69 Å². The summed E-state index contributed by atoms with van der Waals surface area (Å²) in [5.41, 5.74) is 2.01. The maximum atomic E-state index is 13.9. The van der Waals surface area contributed by atoms with Crippen LogP contribution in [0.5, 0.6) is 5.75 Å². The molecule has 2 aromatic carbocycles. The van der Waals surface area contributed by atoms with Crippen LogP contribution >= 0.6 is 11.6 Å². The fourth-order valence-electron chi connectivity index (χ4n) is 4.66. The van der Waals surface area contributed by atoms with Gasteiger partial charge < -0.3 is 19.7 Å². The monoisotopic (exact) mass is 555 g/mol. The van der Waals surface area contributed by atoms with Crippen molar-refractivity contribution in [2.24, 2.45) is 5.10 Å². The van der Waals surface area contributed by atoms with Crippen LogP contribution in [-0.4, -0.2) is 91.0 Å². The summed E-state index contributed by atoms with van der Waals surface area (Å²) in [6.07, 6.45) is 0.504. The summed E-state index contributed by atoms with van der Waals surface area (Å²) >= 11 is 6.49. The molecule has 0 aromatic heterocycles. The molecule has 210 valence electrons. The molecular formula is C29H38ClN5O4. The number of hydrogen-bond donors (Lipinski definition) is 1. The zero-order valence-corrected chi connectivity index (χ0v) is 23.9. The van der Waals surface area contributed by atoms with Crippen LogP contribution in [0.25, 0.3) is 0 Å². The Morgan fingerprint density at radius 2 is 1.82 bits per heavy atom. The Hall–Kier alpha value is -3.14. The third kappa shape index (κ3) is 7.71. The van der Waals surface area contributed by atoms with Crippen molar-refractivity contribution in [3.05, 3.63) is 64.7 Å². The molecule has 3 amide bonds. The summed E-state index contributed by atoms with van der Waals surface area (Å²) in [6.45, 7) is 9.69. The smallest absolute Gasteiger partial charge is 0.318 e. The molecule has 0 aliphatic carbocycles. The molecule has 10 heteroatoms. The first-order valence-electron chi connectivity index (χ1n) is 13.3. The number of benzene rings is 2. The van der Waals surface area contributed by atoms with Gasteiger partial charge in [-0.1, -0.05) is 41.9 Å². The van der Waals surface area contributed by atoms with Gasteiger partial charge >= 0.3 is 6.03 Å². The number of amides is 3. The molecule has 1 fully saturated rings. The molecule has 1 N–H and O–H groups in total. The molecule has 2 aliphatic heterocycles. The maximum absolute atomic E-state index is 13.9. The van der Waals surface area contributed by atoms with Gasteiger partial charge in [-0.25, -0.2) is 9.80 Å². The number of halogens is 1. The molecule has 0 bridgehead atoms. The lowest BCUT2D eigenvalue weighted by Crippen LogP contribution is -2.53. The Bertz CT molecular complexity index is 1170. The summed E-state index contributed by atoms with van der Waals surface area (Å²) in [6, 6.07) is 14.5. The van der Waals surface area contributed by atoms with Gasteiger partial charge in [0.1, 0.15) is 12.3 Å². The first-order chi connectivity index (χ1) is 18.6. The topological polar surface area (TPSA) is 86.7 Å². The molecule has 4 rings (SSSR count). The van der Waals surface area contributed by atoms with E-state index in [-0.39, 0.29) is 24.5 Å². The highest BCUT2D eigenvalue weighted by atomic mass is 35.5. The third-order valence-corrected chi connectivity index (χ3v) is 7.07. The second-order valence-electron chi connectivity index (χ2n) is 10.8. The average molecular weight is 556 g/mol. The Kier molecular flexibility index (Phi) is 9.48. The van der Waals surface area contributed by atoms with Crippen LogP contribution in [0.4, 0.5) is 4.79 Å². The molecule has 1 saturated heterocycles. The summed E-state index contributed by atoms with van der Waals surface area (Å²) in [5, 5.41) is 9.85. The molecule has 0 unspecified atom stereocenters. The van der Waals surface area contributed by atoms with E-state index in [4.69, 9.17) is 26.2 Å². The van der Waals surface area contributed by atoms with Crippen molar-refractivity contribution in [1.82, 2.24) is 20.1 Å². The Morgan fingerprint density at radius 1 is 1.13 bits per heavy atom. The highest BCUT2D eigenvalue weighted by Crippen LogP contribution is 2.35. The van der Waals surface area contributed by atoms with Crippen molar-refractivity contribution in [2.75, 3.05) is 53.0 Å². The van der Waals surface area contributed by atoms with E-state index in [9.17, 15) is 9.59 Å². The van der Waals surface area contributed by atoms with Crippen LogP contribution in [-0.2, 0) is 9.53 Å². The number of methoxy groups -OCH3 is 1. The van der Waals surface area contributed by atoms with E-state index in [1.807, 2.05) is 69.3 Å². The van der Waals surface area contributed by atoms with Crippen molar-refractivity contribution >= 4 is 29.3 Å². The number of urea groups is 1. The van der Waals surface area contributed by atoms with Gasteiger partial charge in [0.05, 0.1) is 32.1 Å². The van der Waals surface area contributed by atoms with Crippen LogP contribution in [0.15, 0.2) is 53.6 Å². The van der Waals surface area contributed by atoms with E-state index < -0.39 is 5.54 Å². The SMILES string of the molecule is COc1ccc([C@@H]2CC(c3ccccc3Cl)=NN2C(=O)CN(CCN2CCOCC2)C(=O)NC(C)(C)C)cc1. The molecule has 2 heterocycles. The number of hydrogen-bond acceptors (Lipinski definition) is 6. The number of nitrogens with one attached hydrogen (secondary N) is 1. The van der Waals surface area contributed by atoms with E-state index >= 15 is 0 Å². The van der Waals surface area contributed by atoms with Crippen LogP contribution in [0, 0.1) is 0 Å². The summed E-state index contributed by atoms with van der Waals surface area (Å²) < 4.78 is 10.8. The predicted octanol–water partition coefficient (Wildman–Crippen LogP) is 4.17. The summed E-state index contributed by atoms with van der Waals surface area (Å²) in [5.74, 6) is 0.471. The van der Waals surface area contributed by atoms with E-state index in [0.29, 0.717) is 37.7 Å². The zero-order chi connectivity index (χ0) is 28.0. The van der Waals surface area contributed by atoms with Crippen molar-refractivity contribution in [2.45, 2.75) is 38.8 Å². The predicted molar refractivity (Wildman–Crippen MR) is 152 cm³/mol. The van der Waals surface area contributed by atoms with E-state index in [1.165, 1.54) is 5.01 Å². The van der Waals surface area contributed by atoms with Crippen molar-refractivity contribution < 1.29 is 19.1 Å². The number of carbonyl (C=O) groups excluding carboxylic acids is 2. The first-order valence-corrected chi connectivity index (χ1v) is 13.7. The average Bonchev–Trinajstić information content (AvgIpc) is 3.36. The van der Waals surface area contributed by atoms with E-state index in [1.54, 1.807) is 12.0 Å². The standard InChI is InChI=1S/C29H38ClN5O4/c1-29(2,3)31-28(37)34(14-13-33-15-17-39-18-16-33)20-27(36)35-26(21-9-11-22(38-4)12-10-21)19-25(32-35)23-7-5-6-8-24(23)30/h5-12,26H,13-20H2,1-4H3,(H,31,37)/t26-/m0/s1. The summed E-state index contributed by atoms with van der Waals surface area (Å²) in [4.78, 5) is 30.9. The number of nitrogens with zero attached hydrogens (tertiary/aromatic N) is 4. The number of rotatable bonds is 8. The lowest BCUT2D eigenvalue weighted by molar-refractivity contribution is -0.133. The molecule has 0 radical (unpaired) electrons. The van der Waals surface area contributed by atoms with E-state index in [0.717, 1.165) is 35.7 Å². The van der Waals surface area contributed by atoms with Crippen LogP contribution in [0.3, 0.4) is 0 Å². The molecule has 1 atom stereocenters. The lowest BCUT2D eigenvalue weighted by Gasteiger charge is -2.32. The van der Waals surface area contributed by atoms with Gasteiger partial charge in [0, 0.05) is 48.7 Å². The summed E-state index contributed by atoms with van der Waals surface area (Å²) in [7, 11) is 1.62. The molecule has 2 aliphatic rings. The highest BCUT2D eigenvalue weighted by Gasteiger charge is 2.35. The number of carbonyl (C=O) groups is 2. The second-order valence-corrected chi connectivity index (χ2v) is 11.2. The fourth-order valence-corrected chi connectivity index (χ4v) is 4.90. The fraction of sp³-hybridized carbons (Fsp3) is 0.483. The third-order valence-electron chi connectivity index (χ3n) is 6.74. The van der Waals surface area contributed by atoms with Crippen molar-refractivity contribution in [1.29, 1.82) is 0 Å². The second kappa shape index (κ2) is 12.8. The highest BCUT2D eigenvalue weighted by molar-refractivity contribution is 6.34. The van der Waals surface area contributed by atoms with Gasteiger partial charge in [-0.2, -0.15) is 5.10 Å². The number of morpholine rings is 1. The lowest BCUT2D eigenvalue weighted by atomic mass is 9.98. The molecule has 9 nitrogen and oxygen atoms in total. The molecule has 0 saturated carbocycles.